The van der Waals surface area contributed by atoms with Crippen LogP contribution in [-0.4, -0.2) is 62.7 Å². The van der Waals surface area contributed by atoms with Gasteiger partial charge in [-0.05, 0) is 57.2 Å². The quantitative estimate of drug-likeness (QED) is 0.542. The highest BCUT2D eigenvalue weighted by Gasteiger charge is 2.34. The van der Waals surface area contributed by atoms with Crippen LogP contribution in [0.4, 0.5) is 5.69 Å². The molecule has 1 saturated heterocycles. The van der Waals surface area contributed by atoms with Crippen LogP contribution in [0.1, 0.15) is 31.1 Å². The zero-order valence-electron chi connectivity index (χ0n) is 18.6. The Bertz CT molecular complexity index is 1160. The van der Waals surface area contributed by atoms with Gasteiger partial charge in [0.25, 0.3) is 5.91 Å². The summed E-state index contributed by atoms with van der Waals surface area (Å²) in [4.78, 5) is 28.6. The fraction of sp³-hybridized carbons (Fsp3) is 0.391. The predicted molar refractivity (Wildman–Crippen MR) is 129 cm³/mol. The van der Waals surface area contributed by atoms with Gasteiger partial charge in [0.15, 0.2) is 15.6 Å². The lowest BCUT2D eigenvalue weighted by atomic mass is 10.0. The second-order valence-corrected chi connectivity index (χ2v) is 10.7. The van der Waals surface area contributed by atoms with Gasteiger partial charge in [-0.25, -0.2) is 8.42 Å². The van der Waals surface area contributed by atoms with Crippen molar-refractivity contribution in [3.05, 3.63) is 58.1 Å². The van der Waals surface area contributed by atoms with Crippen molar-refractivity contribution in [2.45, 2.75) is 37.8 Å². The molecule has 2 aromatic carbocycles. The zero-order chi connectivity index (χ0) is 24.3. The first-order valence-electron chi connectivity index (χ1n) is 10.6. The molecule has 0 N–H and O–H groups in total. The van der Waals surface area contributed by atoms with Gasteiger partial charge in [-0.3, -0.25) is 9.59 Å². The van der Waals surface area contributed by atoms with Gasteiger partial charge in [0.2, 0.25) is 0 Å². The molecule has 0 unspecified atom stereocenters. The van der Waals surface area contributed by atoms with Gasteiger partial charge < -0.3 is 14.5 Å². The summed E-state index contributed by atoms with van der Waals surface area (Å²) in [5.41, 5.74) is 1.28. The molecule has 7 nitrogen and oxygen atoms in total. The zero-order valence-corrected chi connectivity index (χ0v) is 21.0. The van der Waals surface area contributed by atoms with Crippen LogP contribution in [0.5, 0.6) is 0 Å². The van der Waals surface area contributed by atoms with Gasteiger partial charge in [-0.2, -0.15) is 0 Å². The predicted octanol–water partition coefficient (Wildman–Crippen LogP) is 4.07. The molecule has 2 aromatic rings. The summed E-state index contributed by atoms with van der Waals surface area (Å²) in [6.45, 7) is 6.79. The van der Waals surface area contributed by atoms with Crippen molar-refractivity contribution < 1.29 is 22.7 Å². The van der Waals surface area contributed by atoms with Crippen molar-refractivity contribution in [3.8, 4) is 0 Å². The van der Waals surface area contributed by atoms with E-state index < -0.39 is 21.6 Å². The van der Waals surface area contributed by atoms with Gasteiger partial charge in [-0.15, -0.1) is 0 Å². The second-order valence-electron chi connectivity index (χ2n) is 7.86. The first-order valence-corrected chi connectivity index (χ1v) is 13.0. The number of rotatable bonds is 6. The Balaban J connectivity index is 1.77. The molecule has 178 valence electrons. The first kappa shape index (κ1) is 25.3. The number of anilines is 1. The van der Waals surface area contributed by atoms with E-state index in [4.69, 9.17) is 27.9 Å². The average Bonchev–Trinajstić information content (AvgIpc) is 2.74. The third kappa shape index (κ3) is 5.62. The van der Waals surface area contributed by atoms with E-state index in [1.807, 2.05) is 38.1 Å². The van der Waals surface area contributed by atoms with Crippen molar-refractivity contribution in [3.63, 3.8) is 0 Å². The van der Waals surface area contributed by atoms with Crippen molar-refractivity contribution in [2.24, 2.45) is 0 Å². The average molecular weight is 513 g/mol. The maximum absolute atomic E-state index is 13.2. The molecule has 10 heteroatoms. The molecule has 0 radical (unpaired) electrons. The van der Waals surface area contributed by atoms with E-state index in [2.05, 4.69) is 4.90 Å². The summed E-state index contributed by atoms with van der Waals surface area (Å²) in [5.74, 6) is -1.90. The van der Waals surface area contributed by atoms with Crippen LogP contribution in [0.2, 0.25) is 10.0 Å². The minimum absolute atomic E-state index is 0.0286. The number of esters is 1. The smallest absolute Gasteiger partial charge is 0.321 e. The second kappa shape index (κ2) is 10.3. The Hall–Kier alpha value is -2.29. The number of carbonyl (C=O) groups excluding carboxylic acids is 2. The molecule has 1 amide bonds. The molecule has 0 bridgehead atoms. The van der Waals surface area contributed by atoms with Gasteiger partial charge in [0.05, 0.1) is 16.5 Å². The molecule has 0 aliphatic carbocycles. The van der Waals surface area contributed by atoms with Gasteiger partial charge in [-0.1, -0.05) is 29.3 Å². The van der Waals surface area contributed by atoms with E-state index >= 15 is 0 Å². The molecule has 1 aliphatic heterocycles. The standard InChI is InChI=1S/C23H26Cl2N2O5S/c1-4-32-22(28)14-33(30,31)21-9-8-17(12-20(21)25)23(29)27-11-10-26(15(2)16(27)3)19-7-5-6-18(24)13-19/h5-9,12-13,15-16H,4,10-11,14H2,1-3H3/t15-,16-/m1/s1. The van der Waals surface area contributed by atoms with Crippen molar-refractivity contribution in [1.29, 1.82) is 0 Å². The molecular weight excluding hydrogens is 487 g/mol. The number of nitrogens with zero attached hydrogens (tertiary/aromatic N) is 2. The first-order chi connectivity index (χ1) is 15.5. The van der Waals surface area contributed by atoms with Crippen molar-refractivity contribution in [2.75, 3.05) is 30.3 Å². The van der Waals surface area contributed by atoms with E-state index in [1.165, 1.54) is 18.2 Å². The van der Waals surface area contributed by atoms with Crippen molar-refractivity contribution >= 4 is 50.6 Å². The van der Waals surface area contributed by atoms with E-state index in [-0.39, 0.29) is 40.1 Å². The van der Waals surface area contributed by atoms with Crippen LogP contribution in [0, 0.1) is 0 Å². The normalized spacial score (nSPS) is 18.8. The molecule has 33 heavy (non-hydrogen) atoms. The Morgan fingerprint density at radius 2 is 1.79 bits per heavy atom. The Labute approximate surface area is 204 Å². The number of amides is 1. The topological polar surface area (TPSA) is 84.0 Å². The Morgan fingerprint density at radius 1 is 1.06 bits per heavy atom. The van der Waals surface area contributed by atoms with E-state index in [9.17, 15) is 18.0 Å². The highest BCUT2D eigenvalue weighted by molar-refractivity contribution is 7.92. The number of sulfone groups is 1. The summed E-state index contributed by atoms with van der Waals surface area (Å²) in [6.07, 6.45) is 0. The monoisotopic (exact) mass is 512 g/mol. The fourth-order valence-electron chi connectivity index (χ4n) is 3.94. The van der Waals surface area contributed by atoms with E-state index in [0.717, 1.165) is 5.69 Å². The van der Waals surface area contributed by atoms with Crippen LogP contribution in [0.3, 0.4) is 0 Å². The number of ether oxygens (including phenoxy) is 1. The highest BCUT2D eigenvalue weighted by Crippen LogP contribution is 2.29. The number of hydrogen-bond acceptors (Lipinski definition) is 6. The maximum atomic E-state index is 13.2. The van der Waals surface area contributed by atoms with E-state index in [1.54, 1.807) is 11.8 Å². The SMILES string of the molecule is CCOC(=O)CS(=O)(=O)c1ccc(C(=O)N2CCN(c3cccc(Cl)c3)[C@H](C)[C@H]2C)cc1Cl. The van der Waals surface area contributed by atoms with Crippen LogP contribution < -0.4 is 4.90 Å². The fourth-order valence-corrected chi connectivity index (χ4v) is 5.83. The Kier molecular flexibility index (Phi) is 7.92. The molecule has 1 heterocycles. The van der Waals surface area contributed by atoms with Crippen LogP contribution >= 0.6 is 23.2 Å². The molecule has 3 rings (SSSR count). The summed E-state index contributed by atoms with van der Waals surface area (Å²) in [6, 6.07) is 11.5. The Morgan fingerprint density at radius 3 is 2.42 bits per heavy atom. The maximum Gasteiger partial charge on any atom is 0.321 e. The van der Waals surface area contributed by atoms with Crippen LogP contribution in [0.15, 0.2) is 47.4 Å². The van der Waals surface area contributed by atoms with Gasteiger partial charge >= 0.3 is 5.97 Å². The molecule has 0 aromatic heterocycles. The minimum Gasteiger partial charge on any atom is -0.465 e. The highest BCUT2D eigenvalue weighted by atomic mass is 35.5. The lowest BCUT2D eigenvalue weighted by molar-refractivity contribution is -0.139. The van der Waals surface area contributed by atoms with Gasteiger partial charge in [0, 0.05) is 41.4 Å². The molecular formula is C23H26Cl2N2O5S. The van der Waals surface area contributed by atoms with E-state index in [0.29, 0.717) is 18.1 Å². The summed E-state index contributed by atoms with van der Waals surface area (Å²) in [7, 11) is -3.99. The molecule has 2 atom stereocenters. The number of benzene rings is 2. The summed E-state index contributed by atoms with van der Waals surface area (Å²) in [5, 5.41) is 0.543. The van der Waals surface area contributed by atoms with Crippen molar-refractivity contribution in [1.82, 2.24) is 4.90 Å². The minimum atomic E-state index is -3.99. The molecule has 1 fully saturated rings. The molecule has 1 aliphatic rings. The molecule has 0 saturated carbocycles. The van der Waals surface area contributed by atoms with Crippen LogP contribution in [0.25, 0.3) is 0 Å². The number of carbonyl (C=O) groups is 2. The number of piperazine rings is 1. The summed E-state index contributed by atoms with van der Waals surface area (Å²) >= 11 is 12.4. The van der Waals surface area contributed by atoms with Gasteiger partial charge in [0.1, 0.15) is 0 Å². The summed E-state index contributed by atoms with van der Waals surface area (Å²) < 4.78 is 29.7. The largest absolute Gasteiger partial charge is 0.465 e. The number of halogens is 2. The third-order valence-electron chi connectivity index (χ3n) is 5.79. The number of hydrogen-bond donors (Lipinski definition) is 0. The molecule has 0 spiro atoms. The lowest BCUT2D eigenvalue weighted by Crippen LogP contribution is -2.59. The van der Waals surface area contributed by atoms with Crippen LogP contribution in [-0.2, 0) is 19.4 Å². The third-order valence-corrected chi connectivity index (χ3v) is 8.09. The lowest BCUT2D eigenvalue weighted by Gasteiger charge is -2.46.